The molecule has 0 radical (unpaired) electrons. The number of benzene rings is 1. The number of carbonyl (C=O) groups is 1. The van der Waals surface area contributed by atoms with Gasteiger partial charge in [0, 0.05) is 25.6 Å². The quantitative estimate of drug-likeness (QED) is 0.766. The number of hydrogen-bond acceptors (Lipinski definition) is 4. The zero-order valence-electron chi connectivity index (χ0n) is 12.6. The summed E-state index contributed by atoms with van der Waals surface area (Å²) >= 11 is 0. The second kappa shape index (κ2) is 5.31. The first-order valence-corrected chi connectivity index (χ1v) is 7.50. The molecule has 0 aromatic heterocycles. The van der Waals surface area contributed by atoms with E-state index in [1.165, 1.54) is 5.56 Å². The predicted molar refractivity (Wildman–Crippen MR) is 81.1 cm³/mol. The number of amides is 1. The summed E-state index contributed by atoms with van der Waals surface area (Å²) in [5, 5.41) is 6.11. The van der Waals surface area contributed by atoms with Gasteiger partial charge in [0.1, 0.15) is 11.4 Å². The summed E-state index contributed by atoms with van der Waals surface area (Å²) < 4.78 is 5.86. The molecular weight excluding hydrogens is 266 g/mol. The van der Waals surface area contributed by atoms with Crippen molar-refractivity contribution in [2.45, 2.75) is 50.9 Å². The van der Waals surface area contributed by atoms with Crippen molar-refractivity contribution in [3.05, 3.63) is 29.3 Å². The monoisotopic (exact) mass is 289 g/mol. The van der Waals surface area contributed by atoms with E-state index in [0.717, 1.165) is 17.7 Å². The van der Waals surface area contributed by atoms with Crippen LogP contribution in [-0.2, 0) is 17.8 Å². The first-order chi connectivity index (χ1) is 9.93. The standard InChI is InChI=1S/C16H23N3O2/c1-16(2)7-11-5-10(3-4-14(11)21-16)8-19-15(20)13-6-12(17)9-18-13/h3-5,12-13,18H,6-9,17H2,1-2H3,(H,19,20)/t12-,13+/m1/s1. The Morgan fingerprint density at radius 3 is 3.05 bits per heavy atom. The van der Waals surface area contributed by atoms with Gasteiger partial charge < -0.3 is 21.1 Å². The van der Waals surface area contributed by atoms with Crippen LogP contribution in [0, 0.1) is 0 Å². The van der Waals surface area contributed by atoms with Crippen LogP contribution in [0.4, 0.5) is 0 Å². The molecule has 2 aliphatic rings. The molecule has 0 spiro atoms. The molecule has 1 aromatic carbocycles. The van der Waals surface area contributed by atoms with Gasteiger partial charge in [-0.3, -0.25) is 4.79 Å². The van der Waals surface area contributed by atoms with Crippen LogP contribution in [0.2, 0.25) is 0 Å². The van der Waals surface area contributed by atoms with Crippen molar-refractivity contribution in [3.8, 4) is 5.75 Å². The van der Waals surface area contributed by atoms with Crippen LogP contribution in [0.1, 0.15) is 31.4 Å². The highest BCUT2D eigenvalue weighted by atomic mass is 16.5. The second-order valence-corrected chi connectivity index (χ2v) is 6.66. The Morgan fingerprint density at radius 2 is 2.33 bits per heavy atom. The number of fused-ring (bicyclic) bond motifs is 1. The molecule has 1 saturated heterocycles. The summed E-state index contributed by atoms with van der Waals surface area (Å²) in [6.45, 7) is 5.43. The maximum atomic E-state index is 12.0. The number of ether oxygens (including phenoxy) is 1. The van der Waals surface area contributed by atoms with Crippen LogP contribution in [0.5, 0.6) is 5.75 Å². The zero-order chi connectivity index (χ0) is 15.0. The number of carbonyl (C=O) groups excluding carboxylic acids is 1. The molecule has 2 aliphatic heterocycles. The molecule has 114 valence electrons. The van der Waals surface area contributed by atoms with E-state index in [0.29, 0.717) is 19.5 Å². The minimum Gasteiger partial charge on any atom is -0.487 e. The third kappa shape index (κ3) is 3.19. The third-order valence-electron chi connectivity index (χ3n) is 4.08. The molecule has 2 atom stereocenters. The van der Waals surface area contributed by atoms with Crippen LogP contribution in [0.3, 0.4) is 0 Å². The number of nitrogens with two attached hydrogens (primary N) is 1. The molecule has 1 aromatic rings. The van der Waals surface area contributed by atoms with Crippen LogP contribution >= 0.6 is 0 Å². The number of rotatable bonds is 3. The summed E-state index contributed by atoms with van der Waals surface area (Å²) in [6.07, 6.45) is 1.61. The largest absolute Gasteiger partial charge is 0.487 e. The first-order valence-electron chi connectivity index (χ1n) is 7.50. The van der Waals surface area contributed by atoms with Gasteiger partial charge in [-0.2, -0.15) is 0 Å². The molecule has 21 heavy (non-hydrogen) atoms. The van der Waals surface area contributed by atoms with E-state index in [9.17, 15) is 4.79 Å². The maximum absolute atomic E-state index is 12.0. The Labute approximate surface area is 125 Å². The second-order valence-electron chi connectivity index (χ2n) is 6.66. The average Bonchev–Trinajstić information content (AvgIpc) is 2.97. The molecule has 1 amide bonds. The lowest BCUT2D eigenvalue weighted by molar-refractivity contribution is -0.122. The lowest BCUT2D eigenvalue weighted by Gasteiger charge is -2.16. The van der Waals surface area contributed by atoms with Gasteiger partial charge in [-0.15, -0.1) is 0 Å². The van der Waals surface area contributed by atoms with Crippen molar-refractivity contribution in [1.29, 1.82) is 0 Å². The molecule has 2 heterocycles. The van der Waals surface area contributed by atoms with Gasteiger partial charge in [0.15, 0.2) is 0 Å². The Hall–Kier alpha value is -1.59. The van der Waals surface area contributed by atoms with Gasteiger partial charge >= 0.3 is 0 Å². The Bertz CT molecular complexity index is 556. The minimum atomic E-state index is -0.156. The van der Waals surface area contributed by atoms with Crippen molar-refractivity contribution in [3.63, 3.8) is 0 Å². The van der Waals surface area contributed by atoms with Gasteiger partial charge in [-0.1, -0.05) is 12.1 Å². The summed E-state index contributed by atoms with van der Waals surface area (Å²) in [6, 6.07) is 6.05. The van der Waals surface area contributed by atoms with Crippen molar-refractivity contribution < 1.29 is 9.53 Å². The van der Waals surface area contributed by atoms with Gasteiger partial charge in [0.05, 0.1) is 6.04 Å². The third-order valence-corrected chi connectivity index (χ3v) is 4.08. The van der Waals surface area contributed by atoms with Crippen LogP contribution in [-0.4, -0.2) is 30.1 Å². The molecule has 5 nitrogen and oxygen atoms in total. The maximum Gasteiger partial charge on any atom is 0.237 e. The molecule has 0 saturated carbocycles. The normalized spacial score (nSPS) is 26.2. The Morgan fingerprint density at radius 1 is 1.52 bits per heavy atom. The molecule has 0 bridgehead atoms. The summed E-state index contributed by atoms with van der Waals surface area (Å²) in [5.74, 6) is 0.985. The Kier molecular flexibility index (Phi) is 3.63. The van der Waals surface area contributed by atoms with Crippen LogP contribution < -0.4 is 21.1 Å². The van der Waals surface area contributed by atoms with E-state index in [-0.39, 0.29) is 23.6 Å². The molecular formula is C16H23N3O2. The van der Waals surface area contributed by atoms with E-state index < -0.39 is 0 Å². The fraction of sp³-hybridized carbons (Fsp3) is 0.562. The number of nitrogens with one attached hydrogen (secondary N) is 2. The lowest BCUT2D eigenvalue weighted by atomic mass is 10.0. The SMILES string of the molecule is CC1(C)Cc2cc(CNC(=O)[C@@H]3C[C@@H](N)CN3)ccc2O1. The van der Waals surface area contributed by atoms with E-state index in [4.69, 9.17) is 10.5 Å². The minimum absolute atomic E-state index is 0.0278. The first kappa shape index (κ1) is 14.4. The van der Waals surface area contributed by atoms with Crippen molar-refractivity contribution in [1.82, 2.24) is 10.6 Å². The fourth-order valence-electron chi connectivity index (χ4n) is 3.05. The van der Waals surface area contributed by atoms with E-state index in [2.05, 4.69) is 30.5 Å². The highest BCUT2D eigenvalue weighted by Gasteiger charge is 2.30. The molecule has 4 N–H and O–H groups in total. The summed E-state index contributed by atoms with van der Waals surface area (Å²) in [7, 11) is 0. The lowest BCUT2D eigenvalue weighted by Crippen LogP contribution is -2.40. The Balaban J connectivity index is 1.58. The molecule has 1 fully saturated rings. The highest BCUT2D eigenvalue weighted by molar-refractivity contribution is 5.82. The van der Waals surface area contributed by atoms with E-state index in [1.807, 2.05) is 12.1 Å². The summed E-state index contributed by atoms with van der Waals surface area (Å²) in [5.41, 5.74) is 7.99. The molecule has 5 heteroatoms. The van der Waals surface area contributed by atoms with Gasteiger partial charge in [-0.05, 0) is 37.5 Å². The van der Waals surface area contributed by atoms with Crippen LogP contribution in [0.15, 0.2) is 18.2 Å². The van der Waals surface area contributed by atoms with Crippen molar-refractivity contribution >= 4 is 5.91 Å². The molecule has 3 rings (SSSR count). The number of hydrogen-bond donors (Lipinski definition) is 3. The molecule has 0 unspecified atom stereocenters. The van der Waals surface area contributed by atoms with Gasteiger partial charge in [-0.25, -0.2) is 0 Å². The smallest absolute Gasteiger partial charge is 0.237 e. The van der Waals surface area contributed by atoms with Gasteiger partial charge in [0.2, 0.25) is 5.91 Å². The van der Waals surface area contributed by atoms with Crippen molar-refractivity contribution in [2.24, 2.45) is 5.73 Å². The highest BCUT2D eigenvalue weighted by Crippen LogP contribution is 2.35. The van der Waals surface area contributed by atoms with Crippen LogP contribution in [0.25, 0.3) is 0 Å². The fourth-order valence-corrected chi connectivity index (χ4v) is 3.05. The average molecular weight is 289 g/mol. The van der Waals surface area contributed by atoms with E-state index in [1.54, 1.807) is 0 Å². The van der Waals surface area contributed by atoms with Gasteiger partial charge in [0.25, 0.3) is 0 Å². The topological polar surface area (TPSA) is 76.4 Å². The zero-order valence-corrected chi connectivity index (χ0v) is 12.6. The van der Waals surface area contributed by atoms with Crippen molar-refractivity contribution in [2.75, 3.05) is 6.54 Å². The molecule has 0 aliphatic carbocycles. The summed E-state index contributed by atoms with van der Waals surface area (Å²) in [4.78, 5) is 12.0. The predicted octanol–water partition coefficient (Wildman–Crippen LogP) is 0.706. The van der Waals surface area contributed by atoms with E-state index >= 15 is 0 Å².